The van der Waals surface area contributed by atoms with Gasteiger partial charge >= 0.3 is 0 Å². The maximum Gasteiger partial charge on any atom is 0.159 e. The monoisotopic (exact) mass is 241 g/mol. The molecule has 96 valence electrons. The number of rotatable bonds is 6. The van der Waals surface area contributed by atoms with Gasteiger partial charge in [0.2, 0.25) is 0 Å². The molecule has 0 aromatic heterocycles. The molecule has 0 radical (unpaired) electrons. The van der Waals surface area contributed by atoms with Crippen LogP contribution in [0.1, 0.15) is 38.7 Å². The Morgan fingerprint density at radius 1 is 1.12 bits per heavy atom. The summed E-state index contributed by atoms with van der Waals surface area (Å²) in [6.07, 6.45) is 3.77. The van der Waals surface area contributed by atoms with Crippen molar-refractivity contribution in [1.29, 1.82) is 0 Å². The topological polar surface area (TPSA) is 26.0 Å². The van der Waals surface area contributed by atoms with Gasteiger partial charge in [0.25, 0.3) is 0 Å². The largest absolute Gasteiger partial charge is 0.327 e. The van der Waals surface area contributed by atoms with Crippen LogP contribution in [0.4, 0.5) is 8.78 Å². The molecule has 0 saturated heterocycles. The maximum absolute atomic E-state index is 13.0. The van der Waals surface area contributed by atoms with Crippen molar-refractivity contribution in [2.24, 2.45) is 11.7 Å². The molecule has 0 fully saturated rings. The molecule has 0 bridgehead atoms. The van der Waals surface area contributed by atoms with Gasteiger partial charge < -0.3 is 5.73 Å². The van der Waals surface area contributed by atoms with E-state index in [1.54, 1.807) is 6.07 Å². The summed E-state index contributed by atoms with van der Waals surface area (Å²) < 4.78 is 25.8. The fourth-order valence-electron chi connectivity index (χ4n) is 2.10. The number of benzene rings is 1. The standard InChI is InChI=1S/C14H21F2N/c1-3-10(4-2)7-12(17)8-11-5-6-13(15)14(16)9-11/h5-6,9-10,12H,3-4,7-8,17H2,1-2H3. The van der Waals surface area contributed by atoms with Crippen LogP contribution >= 0.6 is 0 Å². The van der Waals surface area contributed by atoms with Gasteiger partial charge in [0.05, 0.1) is 0 Å². The van der Waals surface area contributed by atoms with Crippen molar-refractivity contribution in [3.8, 4) is 0 Å². The summed E-state index contributed by atoms with van der Waals surface area (Å²) in [5.74, 6) is -0.977. The molecule has 1 nitrogen and oxygen atoms in total. The average molecular weight is 241 g/mol. The van der Waals surface area contributed by atoms with E-state index in [2.05, 4.69) is 13.8 Å². The van der Waals surface area contributed by atoms with E-state index >= 15 is 0 Å². The molecular formula is C14H21F2N. The van der Waals surface area contributed by atoms with Gasteiger partial charge in [-0.2, -0.15) is 0 Å². The van der Waals surface area contributed by atoms with Crippen molar-refractivity contribution in [3.05, 3.63) is 35.4 Å². The van der Waals surface area contributed by atoms with E-state index in [0.717, 1.165) is 30.9 Å². The number of nitrogens with two attached hydrogens (primary N) is 1. The quantitative estimate of drug-likeness (QED) is 0.808. The number of hydrogen-bond acceptors (Lipinski definition) is 1. The highest BCUT2D eigenvalue weighted by Crippen LogP contribution is 2.17. The van der Waals surface area contributed by atoms with E-state index in [4.69, 9.17) is 5.73 Å². The highest BCUT2D eigenvalue weighted by Gasteiger charge is 2.12. The Labute approximate surface area is 102 Å². The fourth-order valence-corrected chi connectivity index (χ4v) is 2.10. The summed E-state index contributed by atoms with van der Waals surface area (Å²) in [7, 11) is 0. The van der Waals surface area contributed by atoms with Crippen molar-refractivity contribution in [3.63, 3.8) is 0 Å². The lowest BCUT2D eigenvalue weighted by atomic mass is 9.92. The summed E-state index contributed by atoms with van der Waals surface area (Å²) in [6.45, 7) is 4.30. The predicted molar refractivity (Wildman–Crippen MR) is 66.7 cm³/mol. The van der Waals surface area contributed by atoms with E-state index in [0.29, 0.717) is 12.3 Å². The fraction of sp³-hybridized carbons (Fsp3) is 0.571. The van der Waals surface area contributed by atoms with Gasteiger partial charge in [-0.15, -0.1) is 0 Å². The summed E-state index contributed by atoms with van der Waals surface area (Å²) in [5, 5.41) is 0. The van der Waals surface area contributed by atoms with Crippen LogP contribution in [0.15, 0.2) is 18.2 Å². The Morgan fingerprint density at radius 2 is 1.76 bits per heavy atom. The maximum atomic E-state index is 13.0. The Hall–Kier alpha value is -0.960. The zero-order chi connectivity index (χ0) is 12.8. The molecule has 0 heterocycles. The first kappa shape index (κ1) is 14.1. The van der Waals surface area contributed by atoms with Gasteiger partial charge in [0.1, 0.15) is 0 Å². The van der Waals surface area contributed by atoms with Crippen molar-refractivity contribution in [1.82, 2.24) is 0 Å². The molecule has 0 saturated carbocycles. The summed E-state index contributed by atoms with van der Waals surface area (Å²) in [6, 6.07) is 4.02. The van der Waals surface area contributed by atoms with Crippen LogP contribution in [0.3, 0.4) is 0 Å². The van der Waals surface area contributed by atoms with Gasteiger partial charge in [-0.05, 0) is 36.5 Å². The summed E-state index contributed by atoms with van der Waals surface area (Å²) in [4.78, 5) is 0. The first-order valence-corrected chi connectivity index (χ1v) is 6.26. The smallest absolute Gasteiger partial charge is 0.159 e. The Bertz CT molecular complexity index is 348. The normalized spacial score (nSPS) is 13.1. The Balaban J connectivity index is 2.55. The molecule has 17 heavy (non-hydrogen) atoms. The molecule has 1 atom stereocenters. The van der Waals surface area contributed by atoms with Gasteiger partial charge in [-0.1, -0.05) is 32.8 Å². The lowest BCUT2D eigenvalue weighted by molar-refractivity contribution is 0.406. The zero-order valence-electron chi connectivity index (χ0n) is 10.5. The molecule has 0 spiro atoms. The lowest BCUT2D eigenvalue weighted by Gasteiger charge is -2.18. The van der Waals surface area contributed by atoms with Crippen LogP contribution in [-0.2, 0) is 6.42 Å². The first-order valence-electron chi connectivity index (χ1n) is 6.26. The second kappa shape index (κ2) is 6.70. The van der Waals surface area contributed by atoms with E-state index in [1.165, 1.54) is 6.07 Å². The molecular weight excluding hydrogens is 220 g/mol. The summed E-state index contributed by atoms with van der Waals surface area (Å²) in [5.41, 5.74) is 6.80. The second-order valence-electron chi connectivity index (χ2n) is 4.63. The van der Waals surface area contributed by atoms with Crippen LogP contribution in [0.25, 0.3) is 0 Å². The minimum atomic E-state index is -0.803. The molecule has 1 rings (SSSR count). The summed E-state index contributed by atoms with van der Waals surface area (Å²) >= 11 is 0. The predicted octanol–water partition coefficient (Wildman–Crippen LogP) is 3.66. The van der Waals surface area contributed by atoms with Crippen LogP contribution in [0, 0.1) is 17.6 Å². The Kier molecular flexibility index (Phi) is 5.56. The van der Waals surface area contributed by atoms with Crippen molar-refractivity contribution < 1.29 is 8.78 Å². The number of hydrogen-bond donors (Lipinski definition) is 1. The molecule has 0 aliphatic carbocycles. The molecule has 1 unspecified atom stereocenters. The molecule has 0 aliphatic heterocycles. The van der Waals surface area contributed by atoms with Gasteiger partial charge in [0, 0.05) is 6.04 Å². The van der Waals surface area contributed by atoms with E-state index < -0.39 is 11.6 Å². The molecule has 0 amide bonds. The Morgan fingerprint density at radius 3 is 2.29 bits per heavy atom. The lowest BCUT2D eigenvalue weighted by Crippen LogP contribution is -2.26. The van der Waals surface area contributed by atoms with Crippen molar-refractivity contribution in [2.45, 2.75) is 45.6 Å². The van der Waals surface area contributed by atoms with Crippen LogP contribution in [0.5, 0.6) is 0 Å². The van der Waals surface area contributed by atoms with Crippen LogP contribution in [0.2, 0.25) is 0 Å². The van der Waals surface area contributed by atoms with Crippen molar-refractivity contribution in [2.75, 3.05) is 0 Å². The van der Waals surface area contributed by atoms with E-state index in [1.807, 2.05) is 0 Å². The second-order valence-corrected chi connectivity index (χ2v) is 4.63. The molecule has 3 heteroatoms. The SMILES string of the molecule is CCC(CC)CC(N)Cc1ccc(F)c(F)c1. The van der Waals surface area contributed by atoms with E-state index in [-0.39, 0.29) is 6.04 Å². The molecule has 0 aliphatic rings. The molecule has 1 aromatic carbocycles. The third-order valence-electron chi connectivity index (χ3n) is 3.27. The van der Waals surface area contributed by atoms with Crippen LogP contribution in [-0.4, -0.2) is 6.04 Å². The molecule has 2 N–H and O–H groups in total. The minimum absolute atomic E-state index is 0.0183. The highest BCUT2D eigenvalue weighted by molar-refractivity contribution is 5.18. The minimum Gasteiger partial charge on any atom is -0.327 e. The van der Waals surface area contributed by atoms with Gasteiger partial charge in [-0.25, -0.2) is 8.78 Å². The third-order valence-corrected chi connectivity index (χ3v) is 3.27. The number of halogens is 2. The zero-order valence-corrected chi connectivity index (χ0v) is 10.5. The third kappa shape index (κ3) is 4.43. The molecule has 1 aromatic rings. The van der Waals surface area contributed by atoms with Gasteiger partial charge in [-0.3, -0.25) is 0 Å². The van der Waals surface area contributed by atoms with Crippen LogP contribution < -0.4 is 5.73 Å². The van der Waals surface area contributed by atoms with Gasteiger partial charge in [0.15, 0.2) is 11.6 Å². The average Bonchev–Trinajstić information content (AvgIpc) is 2.31. The van der Waals surface area contributed by atoms with E-state index in [9.17, 15) is 8.78 Å². The first-order chi connectivity index (χ1) is 8.06. The van der Waals surface area contributed by atoms with Crippen molar-refractivity contribution >= 4 is 0 Å². The highest BCUT2D eigenvalue weighted by atomic mass is 19.2.